The van der Waals surface area contributed by atoms with Crippen molar-refractivity contribution in [3.8, 4) is 0 Å². The van der Waals surface area contributed by atoms with Gasteiger partial charge in [0.05, 0.1) is 21.5 Å². The SMILES string of the molecule is CC(C)NC(=O)NC(=O)C(C)OC(=O)c1ccc(NS(=O)(=O)c2ccc3[nH]c(=O)[nH]c3c2)cc1. The van der Waals surface area contributed by atoms with Crippen LogP contribution in [0.25, 0.3) is 11.0 Å². The van der Waals surface area contributed by atoms with Crippen LogP contribution < -0.4 is 21.0 Å². The molecule has 12 nitrogen and oxygen atoms in total. The number of rotatable bonds is 7. The third-order valence-corrected chi connectivity index (χ3v) is 5.86. The lowest BCUT2D eigenvalue weighted by molar-refractivity contribution is -0.127. The molecule has 1 aromatic heterocycles. The number of amides is 3. The highest BCUT2D eigenvalue weighted by atomic mass is 32.2. The van der Waals surface area contributed by atoms with E-state index in [-0.39, 0.29) is 22.2 Å². The molecular weight excluding hydrogens is 466 g/mol. The summed E-state index contributed by atoms with van der Waals surface area (Å²) in [5, 5.41) is 4.54. The molecule has 13 heteroatoms. The number of carbonyl (C=O) groups is 3. The average Bonchev–Trinajstić information content (AvgIpc) is 3.12. The molecule has 0 fully saturated rings. The molecule has 0 spiro atoms. The predicted molar refractivity (Wildman–Crippen MR) is 123 cm³/mol. The molecule has 3 rings (SSSR count). The number of H-pyrrole nitrogens is 2. The van der Waals surface area contributed by atoms with Crippen molar-refractivity contribution >= 4 is 44.7 Å². The maximum absolute atomic E-state index is 12.7. The Balaban J connectivity index is 1.63. The van der Waals surface area contributed by atoms with Crippen LogP contribution in [-0.2, 0) is 19.6 Å². The first-order valence-corrected chi connectivity index (χ1v) is 11.6. The van der Waals surface area contributed by atoms with E-state index < -0.39 is 39.7 Å². The number of ether oxygens (including phenoxy) is 1. The fraction of sp³-hybridized carbons (Fsp3) is 0.238. The van der Waals surface area contributed by atoms with Gasteiger partial charge in [-0.1, -0.05) is 0 Å². The van der Waals surface area contributed by atoms with Gasteiger partial charge in [0.1, 0.15) is 0 Å². The van der Waals surface area contributed by atoms with Crippen molar-refractivity contribution in [2.24, 2.45) is 0 Å². The first-order valence-electron chi connectivity index (χ1n) is 10.1. The molecule has 3 aromatic rings. The lowest BCUT2D eigenvalue weighted by atomic mass is 10.2. The lowest BCUT2D eigenvalue weighted by Gasteiger charge is -2.14. The zero-order valence-corrected chi connectivity index (χ0v) is 19.3. The normalized spacial score (nSPS) is 12.2. The van der Waals surface area contributed by atoms with Crippen molar-refractivity contribution in [1.29, 1.82) is 0 Å². The molecule has 1 atom stereocenters. The first kappa shape index (κ1) is 24.5. The number of imidazole rings is 1. The van der Waals surface area contributed by atoms with Gasteiger partial charge in [-0.15, -0.1) is 0 Å². The topological polar surface area (TPSA) is 179 Å². The molecule has 0 saturated carbocycles. The second kappa shape index (κ2) is 9.79. The summed E-state index contributed by atoms with van der Waals surface area (Å²) in [6.07, 6.45) is -1.24. The highest BCUT2D eigenvalue weighted by Gasteiger charge is 2.21. The minimum absolute atomic E-state index is 0.0694. The Hall–Kier alpha value is -4.13. The van der Waals surface area contributed by atoms with Gasteiger partial charge in [-0.25, -0.2) is 22.8 Å². The number of hydrogen-bond donors (Lipinski definition) is 5. The molecule has 0 aliphatic rings. The van der Waals surface area contributed by atoms with Crippen LogP contribution in [0.2, 0.25) is 0 Å². The van der Waals surface area contributed by atoms with Gasteiger partial charge in [0.15, 0.2) is 6.10 Å². The molecule has 1 heterocycles. The lowest BCUT2D eigenvalue weighted by Crippen LogP contribution is -2.46. The van der Waals surface area contributed by atoms with E-state index in [0.717, 1.165) is 0 Å². The number of esters is 1. The molecule has 180 valence electrons. The van der Waals surface area contributed by atoms with Crippen LogP contribution in [0.4, 0.5) is 10.5 Å². The maximum Gasteiger partial charge on any atom is 0.338 e. The molecule has 0 radical (unpaired) electrons. The van der Waals surface area contributed by atoms with E-state index in [4.69, 9.17) is 4.74 Å². The van der Waals surface area contributed by atoms with E-state index in [0.29, 0.717) is 11.0 Å². The highest BCUT2D eigenvalue weighted by molar-refractivity contribution is 7.92. The van der Waals surface area contributed by atoms with Crippen LogP contribution in [0.1, 0.15) is 31.1 Å². The Bertz CT molecular complexity index is 1390. The molecule has 0 saturated heterocycles. The van der Waals surface area contributed by atoms with E-state index >= 15 is 0 Å². The van der Waals surface area contributed by atoms with E-state index in [2.05, 4.69) is 25.3 Å². The number of aromatic amines is 2. The molecule has 5 N–H and O–H groups in total. The van der Waals surface area contributed by atoms with E-state index in [9.17, 15) is 27.6 Å². The Morgan fingerprint density at radius 2 is 1.59 bits per heavy atom. The summed E-state index contributed by atoms with van der Waals surface area (Å²) < 4.78 is 32.8. The summed E-state index contributed by atoms with van der Waals surface area (Å²) in [5.74, 6) is -1.63. The summed E-state index contributed by atoms with van der Waals surface area (Å²) >= 11 is 0. The van der Waals surface area contributed by atoms with E-state index in [1.165, 1.54) is 49.4 Å². The second-order valence-corrected chi connectivity index (χ2v) is 9.32. The quantitative estimate of drug-likeness (QED) is 0.311. The number of carbonyl (C=O) groups excluding carboxylic acids is 3. The van der Waals surface area contributed by atoms with Gasteiger partial charge in [0.25, 0.3) is 15.9 Å². The number of hydrogen-bond acceptors (Lipinski definition) is 7. The largest absolute Gasteiger partial charge is 0.449 e. The number of nitrogens with one attached hydrogen (secondary N) is 5. The van der Waals surface area contributed by atoms with E-state index in [1.807, 2.05) is 0 Å². The van der Waals surface area contributed by atoms with Crippen LogP contribution in [0.3, 0.4) is 0 Å². The van der Waals surface area contributed by atoms with Gasteiger partial charge in [-0.05, 0) is 63.2 Å². The van der Waals surface area contributed by atoms with Gasteiger partial charge in [0.2, 0.25) is 0 Å². The van der Waals surface area contributed by atoms with Gasteiger partial charge in [0, 0.05) is 11.7 Å². The monoisotopic (exact) mass is 489 g/mol. The molecule has 34 heavy (non-hydrogen) atoms. The van der Waals surface area contributed by atoms with Gasteiger partial charge < -0.3 is 20.0 Å². The molecule has 1 unspecified atom stereocenters. The number of urea groups is 1. The van der Waals surface area contributed by atoms with E-state index in [1.54, 1.807) is 13.8 Å². The smallest absolute Gasteiger partial charge is 0.338 e. The second-order valence-electron chi connectivity index (χ2n) is 7.63. The van der Waals surface area contributed by atoms with Crippen molar-refractivity contribution in [2.75, 3.05) is 4.72 Å². The predicted octanol–water partition coefficient (Wildman–Crippen LogP) is 1.44. The first-order chi connectivity index (χ1) is 15.9. The molecule has 0 aliphatic carbocycles. The summed E-state index contributed by atoms with van der Waals surface area (Å²) in [7, 11) is -3.97. The number of imide groups is 1. The van der Waals surface area contributed by atoms with Crippen LogP contribution in [0.15, 0.2) is 52.2 Å². The van der Waals surface area contributed by atoms with Crippen molar-refractivity contribution in [3.05, 3.63) is 58.5 Å². The molecule has 3 amide bonds. The summed E-state index contributed by atoms with van der Waals surface area (Å²) in [6, 6.07) is 8.58. The Labute approximate surface area is 194 Å². The van der Waals surface area contributed by atoms with Crippen LogP contribution in [-0.4, -0.2) is 48.4 Å². The Morgan fingerprint density at radius 1 is 0.941 bits per heavy atom. The fourth-order valence-corrected chi connectivity index (χ4v) is 3.95. The standard InChI is InChI=1S/C21H23N5O7S/c1-11(2)22-20(29)25-18(27)12(3)33-19(28)13-4-6-14(7-5-13)26-34(31,32)15-8-9-16-17(10-15)24-21(30)23-16/h4-12,26H,1-3H3,(H2,23,24,30)(H2,22,25,27,29). The van der Waals surface area contributed by atoms with Crippen molar-refractivity contribution in [3.63, 3.8) is 0 Å². The van der Waals surface area contributed by atoms with Gasteiger partial charge in [-0.3, -0.25) is 14.8 Å². The summed E-state index contributed by atoms with van der Waals surface area (Å²) in [4.78, 5) is 52.2. The molecular formula is C21H23N5O7S. The van der Waals surface area contributed by atoms with Crippen LogP contribution in [0.5, 0.6) is 0 Å². The zero-order chi connectivity index (χ0) is 25.0. The minimum Gasteiger partial charge on any atom is -0.449 e. The maximum atomic E-state index is 12.7. The summed E-state index contributed by atoms with van der Waals surface area (Å²) in [5.41, 5.74) is 0.600. The third-order valence-electron chi connectivity index (χ3n) is 4.48. The molecule has 0 aliphatic heterocycles. The number of sulfonamides is 1. The summed E-state index contributed by atoms with van der Waals surface area (Å²) in [6.45, 7) is 4.76. The van der Waals surface area contributed by atoms with Crippen molar-refractivity contribution in [2.45, 2.75) is 37.8 Å². The number of anilines is 1. The Morgan fingerprint density at radius 3 is 2.24 bits per heavy atom. The van der Waals surface area contributed by atoms with Crippen molar-refractivity contribution in [1.82, 2.24) is 20.6 Å². The number of aromatic nitrogens is 2. The molecule has 2 aromatic carbocycles. The highest BCUT2D eigenvalue weighted by Crippen LogP contribution is 2.20. The number of benzene rings is 2. The zero-order valence-electron chi connectivity index (χ0n) is 18.5. The van der Waals surface area contributed by atoms with Crippen LogP contribution in [0, 0.1) is 0 Å². The van der Waals surface area contributed by atoms with Gasteiger partial charge in [-0.2, -0.15) is 0 Å². The minimum atomic E-state index is -3.97. The molecule has 0 bridgehead atoms. The Kier molecular flexibility index (Phi) is 7.05. The van der Waals surface area contributed by atoms with Crippen LogP contribution >= 0.6 is 0 Å². The average molecular weight is 490 g/mol. The number of fused-ring (bicyclic) bond motifs is 1. The fourth-order valence-electron chi connectivity index (χ4n) is 2.86. The van der Waals surface area contributed by atoms with Crippen molar-refractivity contribution < 1.29 is 27.5 Å². The third kappa shape index (κ3) is 6.01. The van der Waals surface area contributed by atoms with Gasteiger partial charge >= 0.3 is 17.7 Å².